The van der Waals surface area contributed by atoms with Crippen LogP contribution in [-0.2, 0) is 11.2 Å². The fourth-order valence-electron chi connectivity index (χ4n) is 3.33. The van der Waals surface area contributed by atoms with Gasteiger partial charge in [0.2, 0.25) is 11.8 Å². The van der Waals surface area contributed by atoms with Crippen molar-refractivity contribution in [2.45, 2.75) is 33.2 Å². The third-order valence-corrected chi connectivity index (χ3v) is 4.86. The minimum atomic E-state index is -0.376. The lowest BCUT2D eigenvalue weighted by Crippen LogP contribution is -2.53. The van der Waals surface area contributed by atoms with E-state index in [9.17, 15) is 9.59 Å². The quantitative estimate of drug-likeness (QED) is 0.911. The first kappa shape index (κ1) is 17.9. The Labute approximate surface area is 153 Å². The van der Waals surface area contributed by atoms with Gasteiger partial charge in [-0.05, 0) is 42.7 Å². The fraction of sp³-hybridized carbons (Fsp3) is 0.350. The monoisotopic (exact) mass is 353 g/mol. The zero-order valence-electron chi connectivity index (χ0n) is 15.4. The molecule has 6 heteroatoms. The van der Waals surface area contributed by atoms with Crippen molar-refractivity contribution in [3.8, 4) is 11.6 Å². The van der Waals surface area contributed by atoms with E-state index in [1.807, 2.05) is 44.2 Å². The maximum atomic E-state index is 12.0. The Morgan fingerprint density at radius 3 is 2.73 bits per heavy atom. The summed E-state index contributed by atoms with van der Waals surface area (Å²) in [5.41, 5.74) is 2.94. The van der Waals surface area contributed by atoms with Crippen molar-refractivity contribution in [1.82, 2.24) is 15.2 Å². The van der Waals surface area contributed by atoms with Crippen molar-refractivity contribution in [1.29, 1.82) is 0 Å². The predicted molar refractivity (Wildman–Crippen MR) is 98.1 cm³/mol. The van der Waals surface area contributed by atoms with E-state index in [1.165, 1.54) is 0 Å². The molecule has 0 radical (unpaired) electrons. The molecule has 1 fully saturated rings. The first-order valence-electron chi connectivity index (χ1n) is 8.72. The Bertz CT molecular complexity index is 830. The van der Waals surface area contributed by atoms with E-state index in [2.05, 4.69) is 17.2 Å². The molecule has 1 N–H and O–H groups in total. The average molecular weight is 353 g/mol. The number of carbonyl (C=O) groups is 2. The second kappa shape index (κ2) is 7.15. The number of aryl methyl sites for hydroxylation is 2. The lowest BCUT2D eigenvalue weighted by molar-refractivity contribution is -0.127. The summed E-state index contributed by atoms with van der Waals surface area (Å²) in [4.78, 5) is 29.9. The van der Waals surface area contributed by atoms with Gasteiger partial charge in [0, 0.05) is 18.8 Å². The molecule has 1 aliphatic rings. The zero-order valence-corrected chi connectivity index (χ0v) is 15.4. The molecule has 2 atom stereocenters. The zero-order chi connectivity index (χ0) is 18.8. The van der Waals surface area contributed by atoms with Crippen LogP contribution in [-0.4, -0.2) is 28.9 Å². The summed E-state index contributed by atoms with van der Waals surface area (Å²) in [6, 6.07) is 8.90. The van der Waals surface area contributed by atoms with Crippen LogP contribution >= 0.6 is 0 Å². The van der Waals surface area contributed by atoms with Gasteiger partial charge >= 0.3 is 6.03 Å². The van der Waals surface area contributed by atoms with E-state index < -0.39 is 0 Å². The summed E-state index contributed by atoms with van der Waals surface area (Å²) in [6.45, 7) is 5.84. The number of benzene rings is 1. The van der Waals surface area contributed by atoms with E-state index in [-0.39, 0.29) is 23.9 Å². The molecule has 136 valence electrons. The van der Waals surface area contributed by atoms with Crippen LogP contribution < -0.4 is 10.1 Å². The number of aromatic nitrogens is 1. The van der Waals surface area contributed by atoms with Crippen molar-refractivity contribution in [3.63, 3.8) is 0 Å². The van der Waals surface area contributed by atoms with Crippen molar-refractivity contribution in [2.75, 3.05) is 7.05 Å². The summed E-state index contributed by atoms with van der Waals surface area (Å²) in [6.07, 6.45) is 2.54. The van der Waals surface area contributed by atoms with Crippen molar-refractivity contribution >= 4 is 11.9 Å². The van der Waals surface area contributed by atoms with Gasteiger partial charge in [0.25, 0.3) is 0 Å². The number of carbonyl (C=O) groups excluding carboxylic acids is 2. The van der Waals surface area contributed by atoms with Crippen LogP contribution in [0.2, 0.25) is 0 Å². The number of hydrogen-bond acceptors (Lipinski definition) is 4. The number of urea groups is 1. The maximum absolute atomic E-state index is 12.0. The number of hydrogen-bond donors (Lipinski definition) is 1. The van der Waals surface area contributed by atoms with Crippen LogP contribution in [0.25, 0.3) is 0 Å². The molecule has 1 aromatic carbocycles. The van der Waals surface area contributed by atoms with Gasteiger partial charge in [-0.15, -0.1) is 0 Å². The van der Waals surface area contributed by atoms with Gasteiger partial charge in [0.05, 0.1) is 12.0 Å². The number of ether oxygens (including phenoxy) is 1. The molecule has 2 heterocycles. The summed E-state index contributed by atoms with van der Waals surface area (Å²) >= 11 is 0. The second-order valence-electron chi connectivity index (χ2n) is 6.58. The van der Waals surface area contributed by atoms with Gasteiger partial charge in [-0.25, -0.2) is 9.78 Å². The molecule has 0 aliphatic carbocycles. The number of nitrogens with one attached hydrogen (secondary N) is 1. The Balaban J connectivity index is 1.90. The second-order valence-corrected chi connectivity index (χ2v) is 6.58. The summed E-state index contributed by atoms with van der Waals surface area (Å²) < 4.78 is 5.95. The van der Waals surface area contributed by atoms with E-state index in [1.54, 1.807) is 18.1 Å². The van der Waals surface area contributed by atoms with Crippen molar-refractivity contribution in [3.05, 3.63) is 53.2 Å². The topological polar surface area (TPSA) is 71.5 Å². The highest BCUT2D eigenvalue weighted by Gasteiger charge is 2.38. The first-order valence-corrected chi connectivity index (χ1v) is 8.72. The molecule has 0 saturated carbocycles. The molecule has 1 aliphatic heterocycles. The predicted octanol–water partition coefficient (Wildman–Crippen LogP) is 3.60. The molecule has 26 heavy (non-hydrogen) atoms. The normalized spacial score (nSPS) is 20.1. The lowest BCUT2D eigenvalue weighted by atomic mass is 9.88. The number of imide groups is 1. The molecule has 1 aromatic heterocycles. The molecule has 3 rings (SSSR count). The van der Waals surface area contributed by atoms with Crippen molar-refractivity contribution in [2.24, 2.45) is 5.92 Å². The first-order chi connectivity index (χ1) is 12.4. The number of nitrogens with zero attached hydrogens (tertiary/aromatic N) is 2. The molecule has 1 saturated heterocycles. The Morgan fingerprint density at radius 2 is 2.04 bits per heavy atom. The summed E-state index contributed by atoms with van der Waals surface area (Å²) in [7, 11) is 1.70. The smallest absolute Gasteiger partial charge is 0.324 e. The highest BCUT2D eigenvalue weighted by atomic mass is 16.5. The van der Waals surface area contributed by atoms with Gasteiger partial charge < -0.3 is 9.64 Å². The molecular formula is C20H23N3O3. The standard InChI is InChI=1S/C20H23N3O3/c1-5-14-7-6-10-21-19(14)26-15-8-9-16(12(2)11-15)17-13(3)18(24)22-20(25)23(17)4/h6-11,13,17H,5H2,1-4H3,(H,22,24,25). The van der Waals surface area contributed by atoms with E-state index in [0.717, 1.165) is 23.1 Å². The molecule has 0 bridgehead atoms. The third kappa shape index (κ3) is 3.27. The largest absolute Gasteiger partial charge is 0.439 e. The Morgan fingerprint density at radius 1 is 1.27 bits per heavy atom. The van der Waals surface area contributed by atoms with Crippen LogP contribution in [0.3, 0.4) is 0 Å². The molecule has 6 nitrogen and oxygen atoms in total. The minimum Gasteiger partial charge on any atom is -0.439 e. The van der Waals surface area contributed by atoms with Gasteiger partial charge in [0.15, 0.2) is 0 Å². The average Bonchev–Trinajstić information content (AvgIpc) is 2.62. The van der Waals surface area contributed by atoms with E-state index in [0.29, 0.717) is 11.6 Å². The van der Waals surface area contributed by atoms with Crippen LogP contribution in [0.1, 0.15) is 36.6 Å². The molecule has 3 amide bonds. The lowest BCUT2D eigenvalue weighted by Gasteiger charge is -2.37. The summed E-state index contributed by atoms with van der Waals surface area (Å²) in [5.74, 6) is 0.700. The van der Waals surface area contributed by atoms with Gasteiger partial charge in [0.1, 0.15) is 5.75 Å². The number of rotatable bonds is 4. The molecule has 2 aromatic rings. The third-order valence-electron chi connectivity index (χ3n) is 4.86. The van der Waals surface area contributed by atoms with Gasteiger partial charge in [-0.1, -0.05) is 26.0 Å². The Hall–Kier alpha value is -2.89. The van der Waals surface area contributed by atoms with Gasteiger partial charge in [-0.2, -0.15) is 0 Å². The molecule has 0 spiro atoms. The minimum absolute atomic E-state index is 0.251. The highest BCUT2D eigenvalue weighted by molar-refractivity contribution is 5.98. The molecular weight excluding hydrogens is 330 g/mol. The van der Waals surface area contributed by atoms with Crippen LogP contribution in [0.4, 0.5) is 4.79 Å². The fourth-order valence-corrected chi connectivity index (χ4v) is 3.33. The van der Waals surface area contributed by atoms with Crippen LogP contribution in [0.5, 0.6) is 11.6 Å². The van der Waals surface area contributed by atoms with E-state index in [4.69, 9.17) is 4.74 Å². The van der Waals surface area contributed by atoms with Crippen LogP contribution in [0, 0.1) is 12.8 Å². The number of amides is 3. The maximum Gasteiger partial charge on any atom is 0.324 e. The van der Waals surface area contributed by atoms with Gasteiger partial charge in [-0.3, -0.25) is 10.1 Å². The SMILES string of the molecule is CCc1cccnc1Oc1ccc(C2C(C)C(=O)NC(=O)N2C)c(C)c1. The van der Waals surface area contributed by atoms with E-state index >= 15 is 0 Å². The summed E-state index contributed by atoms with van der Waals surface area (Å²) in [5, 5.41) is 2.37. The Kier molecular flexibility index (Phi) is 4.93. The van der Waals surface area contributed by atoms with Crippen LogP contribution in [0.15, 0.2) is 36.5 Å². The molecule has 2 unspecified atom stereocenters. The number of pyridine rings is 1. The van der Waals surface area contributed by atoms with Crippen molar-refractivity contribution < 1.29 is 14.3 Å². The highest BCUT2D eigenvalue weighted by Crippen LogP contribution is 2.35.